The maximum absolute atomic E-state index is 10.5. The highest BCUT2D eigenvalue weighted by Gasteiger charge is 2.14. The number of anilines is 2. The summed E-state index contributed by atoms with van der Waals surface area (Å²) in [6, 6.07) is 5.70. The van der Waals surface area contributed by atoms with Crippen LogP contribution in [0.2, 0.25) is 0 Å². The molecule has 1 aliphatic heterocycles. The molecule has 2 N–H and O–H groups in total. The van der Waals surface area contributed by atoms with Gasteiger partial charge in [0.05, 0.1) is 12.1 Å². The second-order valence-corrected chi connectivity index (χ2v) is 4.23. The predicted molar refractivity (Wildman–Crippen MR) is 68.3 cm³/mol. The molecule has 0 bridgehead atoms. The highest BCUT2D eigenvalue weighted by atomic mass is 16.7. The predicted octanol–water partition coefficient (Wildman–Crippen LogP) is 2.16. The third-order valence-electron chi connectivity index (χ3n) is 2.77. The largest absolute Gasteiger partial charge is 0.481 e. The average molecular weight is 276 g/mol. The summed E-state index contributed by atoms with van der Waals surface area (Å²) in [6.07, 6.45) is 1.80. The zero-order chi connectivity index (χ0) is 13.9. The Morgan fingerprint density at radius 2 is 2.20 bits per heavy atom. The van der Waals surface area contributed by atoms with Crippen LogP contribution in [0.4, 0.5) is 11.7 Å². The van der Waals surface area contributed by atoms with E-state index >= 15 is 0 Å². The summed E-state index contributed by atoms with van der Waals surface area (Å²) in [6.45, 7) is 0.219. The standard InChI is InChI=1S/C13H12N2O5/c16-12(17)4-2-9-6-18-13(15-9)14-8-1-3-10-11(5-8)20-7-19-10/h1,3,5-6H,2,4,7H2,(H,14,15)(H,16,17). The van der Waals surface area contributed by atoms with Crippen molar-refractivity contribution < 1.29 is 23.8 Å². The van der Waals surface area contributed by atoms with Gasteiger partial charge in [-0.2, -0.15) is 4.98 Å². The highest BCUT2D eigenvalue weighted by molar-refractivity contribution is 5.67. The van der Waals surface area contributed by atoms with Gasteiger partial charge in [-0.15, -0.1) is 0 Å². The highest BCUT2D eigenvalue weighted by Crippen LogP contribution is 2.34. The van der Waals surface area contributed by atoms with E-state index in [9.17, 15) is 4.79 Å². The first-order valence-electron chi connectivity index (χ1n) is 6.03. The number of benzene rings is 1. The lowest BCUT2D eigenvalue weighted by Crippen LogP contribution is -1.98. The second kappa shape index (κ2) is 5.12. The quantitative estimate of drug-likeness (QED) is 0.864. The minimum Gasteiger partial charge on any atom is -0.481 e. The summed E-state index contributed by atoms with van der Waals surface area (Å²) < 4.78 is 15.7. The molecule has 0 atom stereocenters. The van der Waals surface area contributed by atoms with Gasteiger partial charge in [0.2, 0.25) is 6.79 Å². The number of fused-ring (bicyclic) bond motifs is 1. The molecule has 20 heavy (non-hydrogen) atoms. The summed E-state index contributed by atoms with van der Waals surface area (Å²) in [5, 5.41) is 11.6. The average Bonchev–Trinajstić information content (AvgIpc) is 3.04. The van der Waals surface area contributed by atoms with Crippen LogP contribution in [0.5, 0.6) is 11.5 Å². The van der Waals surface area contributed by atoms with Crippen molar-refractivity contribution in [1.82, 2.24) is 4.98 Å². The van der Waals surface area contributed by atoms with Gasteiger partial charge in [0.15, 0.2) is 11.5 Å². The Labute approximate surface area is 114 Å². The molecule has 0 saturated carbocycles. The Bertz CT molecular complexity index is 637. The molecule has 0 radical (unpaired) electrons. The van der Waals surface area contributed by atoms with Crippen LogP contribution in [0, 0.1) is 0 Å². The van der Waals surface area contributed by atoms with E-state index in [1.54, 1.807) is 12.1 Å². The lowest BCUT2D eigenvalue weighted by atomic mass is 10.2. The molecule has 1 aromatic carbocycles. The maximum atomic E-state index is 10.5. The van der Waals surface area contributed by atoms with Crippen molar-refractivity contribution in [2.45, 2.75) is 12.8 Å². The Kier molecular flexibility index (Phi) is 3.16. The Morgan fingerprint density at radius 1 is 1.35 bits per heavy atom. The summed E-state index contributed by atoms with van der Waals surface area (Å²) in [5.41, 5.74) is 1.34. The molecule has 1 aliphatic rings. The van der Waals surface area contributed by atoms with Gasteiger partial charge >= 0.3 is 5.97 Å². The van der Waals surface area contributed by atoms with Crippen LogP contribution in [0.1, 0.15) is 12.1 Å². The van der Waals surface area contributed by atoms with Crippen LogP contribution >= 0.6 is 0 Å². The molecule has 7 heteroatoms. The molecular weight excluding hydrogens is 264 g/mol. The SMILES string of the molecule is O=C(O)CCc1coc(Nc2ccc3c(c2)OCO3)n1. The number of hydrogen-bond donors (Lipinski definition) is 2. The number of nitrogens with zero attached hydrogens (tertiary/aromatic N) is 1. The minimum absolute atomic E-state index is 0.0238. The van der Waals surface area contributed by atoms with E-state index in [1.165, 1.54) is 6.26 Å². The number of rotatable bonds is 5. The molecule has 0 saturated heterocycles. The van der Waals surface area contributed by atoms with Crippen LogP contribution in [-0.2, 0) is 11.2 Å². The number of aryl methyl sites for hydroxylation is 1. The summed E-state index contributed by atoms with van der Waals surface area (Å²) in [5.74, 6) is 0.496. The number of nitrogens with one attached hydrogen (secondary N) is 1. The molecule has 0 fully saturated rings. The molecule has 7 nitrogen and oxygen atoms in total. The Morgan fingerprint density at radius 3 is 3.05 bits per heavy atom. The van der Waals surface area contributed by atoms with Gasteiger partial charge in [0.25, 0.3) is 6.01 Å². The van der Waals surface area contributed by atoms with Gasteiger partial charge in [-0.25, -0.2) is 0 Å². The topological polar surface area (TPSA) is 93.8 Å². The van der Waals surface area contributed by atoms with E-state index < -0.39 is 5.97 Å². The molecule has 104 valence electrons. The molecule has 3 rings (SSSR count). The van der Waals surface area contributed by atoms with Crippen molar-refractivity contribution in [2.75, 3.05) is 12.1 Å². The third kappa shape index (κ3) is 2.66. The van der Waals surface area contributed by atoms with E-state index in [1.807, 2.05) is 6.07 Å². The molecular formula is C13H12N2O5. The second-order valence-electron chi connectivity index (χ2n) is 4.23. The van der Waals surface area contributed by atoms with Gasteiger partial charge in [-0.1, -0.05) is 0 Å². The van der Waals surface area contributed by atoms with Crippen molar-refractivity contribution in [2.24, 2.45) is 0 Å². The Balaban J connectivity index is 1.67. The smallest absolute Gasteiger partial charge is 0.303 e. The normalized spacial score (nSPS) is 12.4. The number of carbonyl (C=O) groups is 1. The van der Waals surface area contributed by atoms with Crippen molar-refractivity contribution in [3.05, 3.63) is 30.2 Å². The number of hydrogen-bond acceptors (Lipinski definition) is 6. The van der Waals surface area contributed by atoms with Crippen LogP contribution < -0.4 is 14.8 Å². The lowest BCUT2D eigenvalue weighted by Gasteiger charge is -2.02. The number of oxazole rings is 1. The first-order chi connectivity index (χ1) is 9.70. The van der Waals surface area contributed by atoms with E-state index in [2.05, 4.69) is 10.3 Å². The van der Waals surface area contributed by atoms with Crippen LogP contribution in [-0.4, -0.2) is 22.9 Å². The molecule has 2 heterocycles. The summed E-state index contributed by atoms with van der Waals surface area (Å²) in [7, 11) is 0. The van der Waals surface area contributed by atoms with Crippen LogP contribution in [0.25, 0.3) is 0 Å². The number of aromatic nitrogens is 1. The van der Waals surface area contributed by atoms with Gasteiger partial charge < -0.3 is 24.3 Å². The first kappa shape index (κ1) is 12.3. The van der Waals surface area contributed by atoms with E-state index in [0.717, 1.165) is 5.69 Å². The van der Waals surface area contributed by atoms with E-state index in [-0.39, 0.29) is 13.2 Å². The van der Waals surface area contributed by atoms with E-state index in [0.29, 0.717) is 29.6 Å². The Hall–Kier alpha value is -2.70. The molecule has 0 amide bonds. The zero-order valence-electron chi connectivity index (χ0n) is 10.5. The number of ether oxygens (including phenoxy) is 2. The molecule has 2 aromatic rings. The van der Waals surface area contributed by atoms with Crippen LogP contribution in [0.15, 0.2) is 28.9 Å². The fourth-order valence-electron chi connectivity index (χ4n) is 1.81. The fraction of sp³-hybridized carbons (Fsp3) is 0.231. The van der Waals surface area contributed by atoms with Crippen molar-refractivity contribution >= 4 is 17.7 Å². The van der Waals surface area contributed by atoms with Gasteiger partial charge in [0, 0.05) is 18.2 Å². The van der Waals surface area contributed by atoms with Crippen molar-refractivity contribution in [3.63, 3.8) is 0 Å². The van der Waals surface area contributed by atoms with Gasteiger partial charge in [-0.3, -0.25) is 4.79 Å². The molecule has 0 aliphatic carbocycles. The third-order valence-corrected chi connectivity index (χ3v) is 2.77. The lowest BCUT2D eigenvalue weighted by molar-refractivity contribution is -0.136. The minimum atomic E-state index is -0.863. The van der Waals surface area contributed by atoms with Gasteiger partial charge in [0.1, 0.15) is 6.26 Å². The number of carboxylic acids is 1. The summed E-state index contributed by atoms with van der Waals surface area (Å²) in [4.78, 5) is 14.6. The van der Waals surface area contributed by atoms with Gasteiger partial charge in [-0.05, 0) is 12.1 Å². The summed E-state index contributed by atoms with van der Waals surface area (Å²) >= 11 is 0. The monoisotopic (exact) mass is 276 g/mol. The molecule has 1 aromatic heterocycles. The molecule has 0 spiro atoms. The van der Waals surface area contributed by atoms with Crippen LogP contribution in [0.3, 0.4) is 0 Å². The fourth-order valence-corrected chi connectivity index (χ4v) is 1.81. The number of carboxylic acid groups (broad SMARTS) is 1. The first-order valence-corrected chi connectivity index (χ1v) is 6.03. The van der Waals surface area contributed by atoms with Crippen molar-refractivity contribution in [1.29, 1.82) is 0 Å². The maximum Gasteiger partial charge on any atom is 0.303 e. The number of aliphatic carboxylic acids is 1. The van der Waals surface area contributed by atoms with E-state index in [4.69, 9.17) is 19.0 Å². The molecule has 0 unspecified atom stereocenters. The zero-order valence-corrected chi connectivity index (χ0v) is 10.5. The van der Waals surface area contributed by atoms with Crippen molar-refractivity contribution in [3.8, 4) is 11.5 Å².